The lowest BCUT2D eigenvalue weighted by Gasteiger charge is -2.37. The molecule has 0 bridgehead atoms. The molecule has 0 aliphatic heterocycles. The van der Waals surface area contributed by atoms with Crippen molar-refractivity contribution in [1.29, 1.82) is 0 Å². The highest BCUT2D eigenvalue weighted by molar-refractivity contribution is 7.99. The van der Waals surface area contributed by atoms with Gasteiger partial charge >= 0.3 is 0 Å². The zero-order valence-electron chi connectivity index (χ0n) is 17.2. The summed E-state index contributed by atoms with van der Waals surface area (Å²) in [6.45, 7) is 9.53. The minimum Gasteiger partial charge on any atom is -0.309 e. The summed E-state index contributed by atoms with van der Waals surface area (Å²) in [7, 11) is 0. The second kappa shape index (κ2) is 7.39. The Kier molecular flexibility index (Phi) is 5.08. The van der Waals surface area contributed by atoms with Crippen LogP contribution in [0.1, 0.15) is 58.1 Å². The van der Waals surface area contributed by atoms with E-state index in [0.717, 1.165) is 49.2 Å². The van der Waals surface area contributed by atoms with Crippen LogP contribution in [0.4, 0.5) is 0 Å². The SMILES string of the molecule is CCCSc1nnc2n(CCC)c3c(c(=O)n12)C(C)(CC)Cc1ccccc1-3. The number of aryl methyl sites for hydroxylation is 1. The summed E-state index contributed by atoms with van der Waals surface area (Å²) in [6.07, 6.45) is 3.81. The third-order valence-electron chi connectivity index (χ3n) is 5.90. The van der Waals surface area contributed by atoms with Crippen molar-refractivity contribution in [2.24, 2.45) is 0 Å². The van der Waals surface area contributed by atoms with Gasteiger partial charge in [-0.3, -0.25) is 4.79 Å². The maximum absolute atomic E-state index is 13.8. The van der Waals surface area contributed by atoms with Gasteiger partial charge in [-0.25, -0.2) is 4.40 Å². The van der Waals surface area contributed by atoms with Gasteiger partial charge in [0, 0.05) is 28.8 Å². The molecule has 1 unspecified atom stereocenters. The van der Waals surface area contributed by atoms with Gasteiger partial charge in [0.1, 0.15) is 0 Å². The molecule has 1 atom stereocenters. The summed E-state index contributed by atoms with van der Waals surface area (Å²) in [5, 5.41) is 9.57. The molecule has 0 saturated carbocycles. The Balaban J connectivity index is 2.14. The third-order valence-corrected chi connectivity index (χ3v) is 7.04. The maximum Gasteiger partial charge on any atom is 0.265 e. The lowest BCUT2D eigenvalue weighted by atomic mass is 9.69. The molecule has 6 heteroatoms. The van der Waals surface area contributed by atoms with Gasteiger partial charge < -0.3 is 4.57 Å². The summed E-state index contributed by atoms with van der Waals surface area (Å²) in [5.41, 5.74) is 4.31. The number of benzene rings is 1. The first kappa shape index (κ1) is 19.2. The zero-order valence-corrected chi connectivity index (χ0v) is 18.0. The average Bonchev–Trinajstić information content (AvgIpc) is 3.13. The number of aromatic nitrogens is 4. The Morgan fingerprint density at radius 3 is 2.64 bits per heavy atom. The molecule has 4 rings (SSSR count). The van der Waals surface area contributed by atoms with Gasteiger partial charge in [0.15, 0.2) is 5.16 Å². The van der Waals surface area contributed by atoms with Crippen LogP contribution >= 0.6 is 11.8 Å². The molecule has 0 amide bonds. The molecule has 1 aromatic carbocycles. The quantitative estimate of drug-likeness (QED) is 0.567. The lowest BCUT2D eigenvalue weighted by Crippen LogP contribution is -2.39. The first-order valence-electron chi connectivity index (χ1n) is 10.3. The van der Waals surface area contributed by atoms with Crippen LogP contribution in [0, 0.1) is 0 Å². The average molecular weight is 397 g/mol. The molecule has 28 heavy (non-hydrogen) atoms. The van der Waals surface area contributed by atoms with Crippen LogP contribution in [-0.4, -0.2) is 24.9 Å². The first-order valence-corrected chi connectivity index (χ1v) is 11.3. The summed E-state index contributed by atoms with van der Waals surface area (Å²) in [4.78, 5) is 13.8. The van der Waals surface area contributed by atoms with E-state index in [1.807, 2.05) is 0 Å². The van der Waals surface area contributed by atoms with Crippen molar-refractivity contribution in [3.05, 3.63) is 45.7 Å². The molecule has 2 aromatic heterocycles. The van der Waals surface area contributed by atoms with Crippen LogP contribution in [0.3, 0.4) is 0 Å². The van der Waals surface area contributed by atoms with Crippen molar-refractivity contribution >= 4 is 17.5 Å². The maximum atomic E-state index is 13.8. The largest absolute Gasteiger partial charge is 0.309 e. The fourth-order valence-corrected chi connectivity index (χ4v) is 5.10. The number of fused-ring (bicyclic) bond motifs is 4. The van der Waals surface area contributed by atoms with Crippen molar-refractivity contribution < 1.29 is 0 Å². The van der Waals surface area contributed by atoms with E-state index in [0.29, 0.717) is 10.9 Å². The van der Waals surface area contributed by atoms with E-state index in [2.05, 4.69) is 66.7 Å². The van der Waals surface area contributed by atoms with E-state index in [4.69, 9.17) is 0 Å². The van der Waals surface area contributed by atoms with Crippen molar-refractivity contribution in [2.75, 3.05) is 5.75 Å². The Morgan fingerprint density at radius 2 is 1.93 bits per heavy atom. The molecule has 0 N–H and O–H groups in total. The monoisotopic (exact) mass is 396 g/mol. The van der Waals surface area contributed by atoms with E-state index < -0.39 is 0 Å². The van der Waals surface area contributed by atoms with Crippen molar-refractivity contribution in [3.63, 3.8) is 0 Å². The van der Waals surface area contributed by atoms with E-state index in [1.165, 1.54) is 11.1 Å². The fraction of sp³-hybridized carbons (Fsp3) is 0.500. The molecule has 0 radical (unpaired) electrons. The van der Waals surface area contributed by atoms with E-state index in [-0.39, 0.29) is 11.0 Å². The van der Waals surface area contributed by atoms with Gasteiger partial charge in [0.2, 0.25) is 5.78 Å². The molecule has 0 saturated heterocycles. The molecular formula is C22H28N4OS. The van der Waals surface area contributed by atoms with Crippen LogP contribution in [0.2, 0.25) is 0 Å². The van der Waals surface area contributed by atoms with E-state index in [1.54, 1.807) is 16.2 Å². The van der Waals surface area contributed by atoms with Crippen LogP contribution in [0.15, 0.2) is 34.2 Å². The standard InChI is InChI=1S/C22H28N4OS/c1-5-12-25-18-16-11-9-8-10-15(16)14-22(4,7-3)17(18)19(27)26-20(25)23-24-21(26)28-13-6-2/h8-11H,5-7,12-14H2,1-4H3. The predicted octanol–water partition coefficient (Wildman–Crippen LogP) is 4.69. The zero-order chi connectivity index (χ0) is 19.9. The topological polar surface area (TPSA) is 52.2 Å². The minimum absolute atomic E-state index is 0.0554. The van der Waals surface area contributed by atoms with Gasteiger partial charge in [-0.05, 0) is 31.2 Å². The normalized spacial score (nSPS) is 18.3. The Morgan fingerprint density at radius 1 is 1.14 bits per heavy atom. The fourth-order valence-electron chi connectivity index (χ4n) is 4.33. The smallest absolute Gasteiger partial charge is 0.265 e. The summed E-state index contributed by atoms with van der Waals surface area (Å²) >= 11 is 1.62. The van der Waals surface area contributed by atoms with Gasteiger partial charge in [-0.15, -0.1) is 10.2 Å². The molecule has 2 heterocycles. The number of rotatable bonds is 6. The molecule has 1 aliphatic rings. The lowest BCUT2D eigenvalue weighted by molar-refractivity contribution is 0.434. The van der Waals surface area contributed by atoms with Gasteiger partial charge in [0.25, 0.3) is 5.56 Å². The van der Waals surface area contributed by atoms with Crippen molar-refractivity contribution in [3.8, 4) is 11.3 Å². The second-order valence-electron chi connectivity index (χ2n) is 7.89. The van der Waals surface area contributed by atoms with E-state index >= 15 is 0 Å². The first-order chi connectivity index (χ1) is 13.6. The highest BCUT2D eigenvalue weighted by Gasteiger charge is 2.39. The van der Waals surface area contributed by atoms with Crippen molar-refractivity contribution in [1.82, 2.24) is 19.2 Å². The predicted molar refractivity (Wildman–Crippen MR) is 115 cm³/mol. The number of nitrogens with zero attached hydrogens (tertiary/aromatic N) is 4. The van der Waals surface area contributed by atoms with E-state index in [9.17, 15) is 4.79 Å². The highest BCUT2D eigenvalue weighted by atomic mass is 32.2. The van der Waals surface area contributed by atoms with Gasteiger partial charge in [0.05, 0.1) is 5.69 Å². The molecule has 3 aromatic rings. The Hall–Kier alpha value is -2.08. The molecule has 1 aliphatic carbocycles. The van der Waals surface area contributed by atoms with Crippen molar-refractivity contribution in [2.45, 2.75) is 70.5 Å². The molecule has 0 spiro atoms. The summed E-state index contributed by atoms with van der Waals surface area (Å²) in [5.74, 6) is 1.60. The number of hydrogen-bond acceptors (Lipinski definition) is 4. The molecule has 0 fully saturated rings. The number of hydrogen-bond donors (Lipinski definition) is 0. The van der Waals surface area contributed by atoms with Crippen LogP contribution in [0.25, 0.3) is 17.0 Å². The van der Waals surface area contributed by atoms with Gasteiger partial charge in [-0.2, -0.15) is 0 Å². The van der Waals surface area contributed by atoms with Crippen LogP contribution in [0.5, 0.6) is 0 Å². The molecular weight excluding hydrogens is 368 g/mol. The third kappa shape index (κ3) is 2.81. The summed E-state index contributed by atoms with van der Waals surface area (Å²) in [6, 6.07) is 8.50. The summed E-state index contributed by atoms with van der Waals surface area (Å²) < 4.78 is 3.99. The molecule has 148 valence electrons. The minimum atomic E-state index is -0.193. The highest BCUT2D eigenvalue weighted by Crippen LogP contribution is 2.43. The van der Waals surface area contributed by atoms with Gasteiger partial charge in [-0.1, -0.05) is 63.7 Å². The number of thioether (sulfide) groups is 1. The van der Waals surface area contributed by atoms with Crippen LogP contribution in [-0.2, 0) is 18.4 Å². The van der Waals surface area contributed by atoms with Crippen LogP contribution < -0.4 is 5.56 Å². The Labute approximate surface area is 170 Å². The Bertz CT molecular complexity index is 1080. The molecule has 5 nitrogen and oxygen atoms in total. The second-order valence-corrected chi connectivity index (χ2v) is 8.96.